The zero-order chi connectivity index (χ0) is 21.6. The van der Waals surface area contributed by atoms with Gasteiger partial charge in [-0.3, -0.25) is 19.5 Å². The zero-order valence-corrected chi connectivity index (χ0v) is 19.7. The molecule has 3 atom stereocenters. The predicted octanol–water partition coefficient (Wildman–Crippen LogP) is 1.15. The van der Waals surface area contributed by atoms with Crippen LogP contribution < -0.4 is 0 Å². The normalized spacial score (nSPS) is 26.5. The molecule has 2 amide bonds. The number of nitrogens with zero attached hydrogens (tertiary/aromatic N) is 5. The van der Waals surface area contributed by atoms with Gasteiger partial charge in [-0.05, 0) is 38.3 Å². The Morgan fingerprint density at radius 1 is 1.16 bits per heavy atom. The summed E-state index contributed by atoms with van der Waals surface area (Å²) in [6, 6.07) is -0.975. The number of sulfonamides is 1. The molecule has 0 bridgehead atoms. The molecule has 3 fully saturated rings. The molecule has 3 aliphatic rings. The van der Waals surface area contributed by atoms with E-state index in [2.05, 4.69) is 14.9 Å². The van der Waals surface area contributed by atoms with Gasteiger partial charge in [0, 0.05) is 13.1 Å². The van der Waals surface area contributed by atoms with Gasteiger partial charge in [-0.25, -0.2) is 17.7 Å². The highest BCUT2D eigenvalue weighted by Crippen LogP contribution is 2.41. The summed E-state index contributed by atoms with van der Waals surface area (Å²) < 4.78 is 25.5. The molecule has 1 aromatic rings. The van der Waals surface area contributed by atoms with Crippen LogP contribution in [-0.2, 0) is 21.4 Å². The van der Waals surface area contributed by atoms with E-state index in [1.165, 1.54) is 19.0 Å². The summed E-state index contributed by atoms with van der Waals surface area (Å²) in [7, 11) is -3.69. The molecular formula is C20H30ClN5O4S. The van der Waals surface area contributed by atoms with Crippen LogP contribution in [0, 0.1) is 11.8 Å². The van der Waals surface area contributed by atoms with E-state index < -0.39 is 33.9 Å². The number of likely N-dealkylation sites (tertiary alicyclic amines) is 2. The second-order valence-electron chi connectivity index (χ2n) is 8.89. The molecule has 0 radical (unpaired) electrons. The van der Waals surface area contributed by atoms with Gasteiger partial charge in [-0.1, -0.05) is 13.8 Å². The van der Waals surface area contributed by atoms with Gasteiger partial charge in [0.2, 0.25) is 15.9 Å². The molecule has 0 N–H and O–H groups in total. The van der Waals surface area contributed by atoms with Crippen molar-refractivity contribution >= 4 is 34.2 Å². The highest BCUT2D eigenvalue weighted by Gasteiger charge is 2.58. The number of carbonyl (C=O) groups is 2. The van der Waals surface area contributed by atoms with Crippen molar-refractivity contribution in [2.75, 3.05) is 25.9 Å². The average Bonchev–Trinajstić information content (AvgIpc) is 3.37. The topological polar surface area (TPSA) is 104 Å². The molecule has 0 saturated carbocycles. The number of hydrogen-bond acceptors (Lipinski definition) is 7. The molecular weight excluding hydrogens is 442 g/mol. The van der Waals surface area contributed by atoms with Crippen molar-refractivity contribution in [1.29, 1.82) is 0 Å². The predicted molar refractivity (Wildman–Crippen MR) is 117 cm³/mol. The number of aromatic nitrogens is 2. The number of amides is 2. The Morgan fingerprint density at radius 2 is 1.84 bits per heavy atom. The third-order valence-electron chi connectivity index (χ3n) is 6.44. The van der Waals surface area contributed by atoms with E-state index >= 15 is 0 Å². The van der Waals surface area contributed by atoms with Crippen molar-refractivity contribution in [2.24, 2.45) is 11.8 Å². The van der Waals surface area contributed by atoms with Gasteiger partial charge in [0.15, 0.2) is 0 Å². The van der Waals surface area contributed by atoms with Crippen molar-refractivity contribution in [3.8, 4) is 0 Å². The molecule has 3 aliphatic heterocycles. The molecule has 11 heteroatoms. The quantitative estimate of drug-likeness (QED) is 0.634. The molecule has 0 spiro atoms. The smallest absolute Gasteiger partial charge is 0.274 e. The van der Waals surface area contributed by atoms with Crippen molar-refractivity contribution in [2.45, 2.75) is 51.7 Å². The number of halogens is 1. The lowest BCUT2D eigenvalue weighted by molar-refractivity contribution is -0.129. The zero-order valence-electron chi connectivity index (χ0n) is 18.1. The number of fused-ring (bicyclic) bond motifs is 1. The van der Waals surface area contributed by atoms with Gasteiger partial charge in [-0.15, -0.1) is 12.4 Å². The molecule has 3 saturated heterocycles. The second-order valence-corrected chi connectivity index (χ2v) is 10.7. The average molecular weight is 472 g/mol. The Balaban J connectivity index is 0.00000272. The van der Waals surface area contributed by atoms with E-state index in [9.17, 15) is 18.0 Å². The first kappa shape index (κ1) is 23.9. The van der Waals surface area contributed by atoms with Crippen molar-refractivity contribution in [3.63, 3.8) is 0 Å². The molecule has 4 rings (SSSR count). The van der Waals surface area contributed by atoms with E-state index in [4.69, 9.17) is 0 Å². The van der Waals surface area contributed by atoms with Crippen LogP contribution in [0.2, 0.25) is 0 Å². The third kappa shape index (κ3) is 4.42. The van der Waals surface area contributed by atoms with Crippen LogP contribution in [0.15, 0.2) is 12.4 Å². The van der Waals surface area contributed by atoms with E-state index in [-0.39, 0.29) is 29.9 Å². The van der Waals surface area contributed by atoms with E-state index in [0.29, 0.717) is 13.0 Å². The highest BCUT2D eigenvalue weighted by molar-refractivity contribution is 7.88. The minimum atomic E-state index is -3.69. The fourth-order valence-corrected chi connectivity index (χ4v) is 6.30. The molecule has 31 heavy (non-hydrogen) atoms. The highest BCUT2D eigenvalue weighted by atomic mass is 35.5. The second kappa shape index (κ2) is 8.99. The molecule has 172 valence electrons. The number of carbonyl (C=O) groups excluding carboxylic acids is 2. The summed E-state index contributed by atoms with van der Waals surface area (Å²) in [5, 5.41) is 0. The van der Waals surface area contributed by atoms with Gasteiger partial charge in [-0.2, -0.15) is 0 Å². The molecule has 0 aromatic carbocycles. The molecule has 0 unspecified atom stereocenters. The third-order valence-corrected chi connectivity index (χ3v) is 7.60. The Hall–Kier alpha value is -1.78. The summed E-state index contributed by atoms with van der Waals surface area (Å²) in [5.41, 5.74) is 1.06. The minimum Gasteiger partial charge on any atom is -0.331 e. The lowest BCUT2D eigenvalue weighted by Gasteiger charge is -2.29. The van der Waals surface area contributed by atoms with E-state index in [1.807, 2.05) is 13.8 Å². The first-order valence-corrected chi connectivity index (χ1v) is 12.4. The summed E-state index contributed by atoms with van der Waals surface area (Å²) in [4.78, 5) is 38.8. The Labute approximate surface area is 189 Å². The Kier molecular flexibility index (Phi) is 6.93. The first-order chi connectivity index (χ1) is 14.2. The summed E-state index contributed by atoms with van der Waals surface area (Å²) in [6.45, 7) is 7.01. The summed E-state index contributed by atoms with van der Waals surface area (Å²) in [6.07, 6.45) is 7.03. The van der Waals surface area contributed by atoms with Gasteiger partial charge in [0.05, 0.1) is 42.3 Å². The Bertz CT molecular complexity index is 933. The number of hydrogen-bond donors (Lipinski definition) is 0. The van der Waals surface area contributed by atoms with Crippen molar-refractivity contribution in [3.05, 3.63) is 23.8 Å². The maximum Gasteiger partial charge on any atom is 0.274 e. The minimum absolute atomic E-state index is 0. The van der Waals surface area contributed by atoms with Crippen LogP contribution in [0.5, 0.6) is 0 Å². The van der Waals surface area contributed by atoms with Crippen molar-refractivity contribution in [1.82, 2.24) is 24.1 Å². The molecule has 1 aromatic heterocycles. The van der Waals surface area contributed by atoms with Crippen molar-refractivity contribution < 1.29 is 18.0 Å². The van der Waals surface area contributed by atoms with Crippen LogP contribution in [0.4, 0.5) is 0 Å². The van der Waals surface area contributed by atoms with E-state index in [0.717, 1.165) is 35.9 Å². The van der Waals surface area contributed by atoms with Gasteiger partial charge in [0.25, 0.3) is 5.91 Å². The first-order valence-electron chi connectivity index (χ1n) is 10.6. The molecule has 9 nitrogen and oxygen atoms in total. The standard InChI is InChI=1S/C20H29N5O4S.ClH/c1-13(2)17-18-16(25(20(17)27)30(3,28)29)6-9-24(18)19(26)15-11-21-14(10-22-15)12-23-7-4-5-8-23;/h10-11,13,16-18H,4-9,12H2,1-3H3;1H/t16-,17+,18-;/m0./s1. The van der Waals surface area contributed by atoms with Gasteiger partial charge < -0.3 is 4.90 Å². The fourth-order valence-electron chi connectivity index (χ4n) is 5.13. The molecule has 0 aliphatic carbocycles. The lowest BCUT2D eigenvalue weighted by Crippen LogP contribution is -2.44. The van der Waals surface area contributed by atoms with E-state index in [1.54, 1.807) is 11.1 Å². The SMILES string of the molecule is CC(C)[C@H]1C(=O)N(S(C)(=O)=O)[C@H]2CCN(C(=O)c3cnc(CN4CCCC4)cn3)[C@H]12.Cl. The fraction of sp³-hybridized carbons (Fsp3) is 0.700. The lowest BCUT2D eigenvalue weighted by atomic mass is 9.88. The van der Waals surface area contributed by atoms with Crippen LogP contribution >= 0.6 is 12.4 Å². The molecule has 4 heterocycles. The summed E-state index contributed by atoms with van der Waals surface area (Å²) >= 11 is 0. The summed E-state index contributed by atoms with van der Waals surface area (Å²) in [5.74, 6) is -1.33. The van der Waals surface area contributed by atoms with Crippen LogP contribution in [0.1, 0.15) is 49.3 Å². The largest absolute Gasteiger partial charge is 0.331 e. The van der Waals surface area contributed by atoms with Gasteiger partial charge >= 0.3 is 0 Å². The van der Waals surface area contributed by atoms with Gasteiger partial charge in [0.1, 0.15) is 5.69 Å². The van der Waals surface area contributed by atoms with Crippen LogP contribution in [0.3, 0.4) is 0 Å². The maximum absolute atomic E-state index is 13.2. The maximum atomic E-state index is 13.2. The van der Waals surface area contributed by atoms with Crippen LogP contribution in [-0.4, -0.2) is 82.3 Å². The monoisotopic (exact) mass is 471 g/mol. The number of rotatable bonds is 5. The van der Waals surface area contributed by atoms with Crippen LogP contribution in [0.25, 0.3) is 0 Å². The Morgan fingerprint density at radius 3 is 2.39 bits per heavy atom.